The van der Waals surface area contributed by atoms with E-state index in [4.69, 9.17) is 4.74 Å². The van der Waals surface area contributed by atoms with Crippen LogP contribution in [-0.2, 0) is 0 Å². The van der Waals surface area contributed by atoms with E-state index in [1.807, 2.05) is 50.2 Å². The number of aryl methyl sites for hydroxylation is 2. The number of Topliss-reactive ketones (excluding diaryl/α,β-unsaturated/α-hetero) is 1. The van der Waals surface area contributed by atoms with Crippen LogP contribution in [0.2, 0.25) is 0 Å². The molecule has 0 N–H and O–H groups in total. The molecule has 0 spiro atoms. The molecular formula is C18H17BrO2. The largest absolute Gasteiger partial charge is 0.493 e. The number of carbonyl (C=O) groups excluding carboxylic acids is 1. The van der Waals surface area contributed by atoms with E-state index in [0.29, 0.717) is 6.61 Å². The molecule has 0 radical (unpaired) electrons. The highest BCUT2D eigenvalue weighted by Gasteiger charge is 2.29. The number of ketones is 1. The second kappa shape index (κ2) is 5.64. The second-order valence-corrected chi connectivity index (χ2v) is 6.36. The maximum atomic E-state index is 13.0. The van der Waals surface area contributed by atoms with Crippen LogP contribution in [0.1, 0.15) is 39.4 Å². The van der Waals surface area contributed by atoms with Crippen LogP contribution in [0.5, 0.6) is 5.75 Å². The van der Waals surface area contributed by atoms with Gasteiger partial charge in [-0.25, -0.2) is 0 Å². The van der Waals surface area contributed by atoms with Gasteiger partial charge in [-0.05, 0) is 49.6 Å². The molecular weight excluding hydrogens is 328 g/mol. The second-order valence-electron chi connectivity index (χ2n) is 5.51. The van der Waals surface area contributed by atoms with Crippen LogP contribution in [0.15, 0.2) is 40.9 Å². The molecule has 0 saturated heterocycles. The maximum Gasteiger partial charge on any atom is 0.170 e. The van der Waals surface area contributed by atoms with Crippen molar-refractivity contribution >= 4 is 21.7 Å². The summed E-state index contributed by atoms with van der Waals surface area (Å²) < 4.78 is 6.70. The molecule has 0 amide bonds. The predicted octanol–water partition coefficient (Wildman–Crippen LogP) is 4.81. The zero-order valence-electron chi connectivity index (χ0n) is 12.2. The van der Waals surface area contributed by atoms with Gasteiger partial charge < -0.3 is 4.74 Å². The molecule has 1 heterocycles. The third-order valence-corrected chi connectivity index (χ3v) is 4.90. The molecule has 3 rings (SSSR count). The lowest BCUT2D eigenvalue weighted by Gasteiger charge is -2.25. The van der Waals surface area contributed by atoms with Crippen molar-refractivity contribution in [2.45, 2.75) is 26.2 Å². The quantitative estimate of drug-likeness (QED) is 0.730. The number of fused-ring (bicyclic) bond motifs is 1. The van der Waals surface area contributed by atoms with Gasteiger partial charge >= 0.3 is 0 Å². The van der Waals surface area contributed by atoms with Crippen molar-refractivity contribution in [2.24, 2.45) is 0 Å². The van der Waals surface area contributed by atoms with E-state index in [1.165, 1.54) is 0 Å². The number of hydrogen-bond acceptors (Lipinski definition) is 2. The van der Waals surface area contributed by atoms with Crippen LogP contribution in [-0.4, -0.2) is 12.4 Å². The number of carbonyl (C=O) groups is 1. The minimum atomic E-state index is -0.103. The summed E-state index contributed by atoms with van der Waals surface area (Å²) in [6.07, 6.45) is 0.740. The van der Waals surface area contributed by atoms with Crippen LogP contribution in [0.3, 0.4) is 0 Å². The smallest absolute Gasteiger partial charge is 0.170 e. The summed E-state index contributed by atoms with van der Waals surface area (Å²) in [5.74, 6) is 0.932. The minimum Gasteiger partial charge on any atom is -0.493 e. The molecule has 2 aromatic carbocycles. The molecule has 1 aliphatic heterocycles. The standard InChI is InChI=1S/C18H17BrO2/c1-11-10-16(19)12(2)9-15(11)18(20)14-7-8-21-17-6-4-3-5-13(14)17/h3-6,9-10,14H,7-8H2,1-2H3. The van der Waals surface area contributed by atoms with E-state index >= 15 is 0 Å². The molecule has 3 heteroatoms. The SMILES string of the molecule is Cc1cc(C(=O)C2CCOc3ccccc32)c(C)cc1Br. The zero-order chi connectivity index (χ0) is 15.0. The van der Waals surface area contributed by atoms with Gasteiger partial charge in [-0.3, -0.25) is 4.79 Å². The van der Waals surface area contributed by atoms with E-state index in [-0.39, 0.29) is 11.7 Å². The Bertz CT molecular complexity index is 706. The first-order chi connectivity index (χ1) is 10.1. The van der Waals surface area contributed by atoms with Gasteiger partial charge in [-0.1, -0.05) is 34.1 Å². The predicted molar refractivity (Wildman–Crippen MR) is 87.2 cm³/mol. The summed E-state index contributed by atoms with van der Waals surface area (Å²) in [5, 5.41) is 0. The number of halogens is 1. The maximum absolute atomic E-state index is 13.0. The highest BCUT2D eigenvalue weighted by Crippen LogP contribution is 2.36. The fourth-order valence-electron chi connectivity index (χ4n) is 2.85. The lowest BCUT2D eigenvalue weighted by Crippen LogP contribution is -2.22. The van der Waals surface area contributed by atoms with Gasteiger partial charge in [-0.15, -0.1) is 0 Å². The summed E-state index contributed by atoms with van der Waals surface area (Å²) in [6.45, 7) is 4.60. The van der Waals surface area contributed by atoms with E-state index < -0.39 is 0 Å². The fourth-order valence-corrected chi connectivity index (χ4v) is 3.31. The van der Waals surface area contributed by atoms with Gasteiger partial charge in [0.25, 0.3) is 0 Å². The van der Waals surface area contributed by atoms with Gasteiger partial charge in [0.05, 0.1) is 12.5 Å². The molecule has 0 saturated carbocycles. The van der Waals surface area contributed by atoms with E-state index in [0.717, 1.165) is 38.9 Å². The van der Waals surface area contributed by atoms with Crippen molar-refractivity contribution in [3.63, 3.8) is 0 Å². The van der Waals surface area contributed by atoms with Crippen molar-refractivity contribution < 1.29 is 9.53 Å². The Labute approximate surface area is 133 Å². The Morgan fingerprint density at radius 2 is 1.95 bits per heavy atom. The van der Waals surface area contributed by atoms with Crippen molar-refractivity contribution in [3.8, 4) is 5.75 Å². The third kappa shape index (κ3) is 2.62. The highest BCUT2D eigenvalue weighted by molar-refractivity contribution is 9.10. The zero-order valence-corrected chi connectivity index (χ0v) is 13.7. The van der Waals surface area contributed by atoms with Gasteiger partial charge in [0, 0.05) is 15.6 Å². The van der Waals surface area contributed by atoms with Gasteiger partial charge in [-0.2, -0.15) is 0 Å². The molecule has 108 valence electrons. The first kappa shape index (κ1) is 14.3. The molecule has 1 atom stereocenters. The van der Waals surface area contributed by atoms with Gasteiger partial charge in [0.2, 0.25) is 0 Å². The molecule has 2 nitrogen and oxygen atoms in total. The number of hydrogen-bond donors (Lipinski definition) is 0. The molecule has 0 bridgehead atoms. The molecule has 0 fully saturated rings. The van der Waals surface area contributed by atoms with Crippen LogP contribution in [0, 0.1) is 13.8 Å². The van der Waals surface area contributed by atoms with E-state index in [9.17, 15) is 4.79 Å². The number of benzene rings is 2. The average molecular weight is 345 g/mol. The molecule has 1 unspecified atom stereocenters. The van der Waals surface area contributed by atoms with Crippen LogP contribution in [0.25, 0.3) is 0 Å². The minimum absolute atomic E-state index is 0.103. The van der Waals surface area contributed by atoms with Crippen molar-refractivity contribution in [2.75, 3.05) is 6.61 Å². The lowest BCUT2D eigenvalue weighted by molar-refractivity contribution is 0.0932. The molecule has 2 aromatic rings. The lowest BCUT2D eigenvalue weighted by atomic mass is 9.85. The topological polar surface area (TPSA) is 26.3 Å². The molecule has 1 aliphatic rings. The normalized spacial score (nSPS) is 17.0. The molecule has 0 aliphatic carbocycles. The van der Waals surface area contributed by atoms with Crippen molar-refractivity contribution in [1.82, 2.24) is 0 Å². The summed E-state index contributed by atoms with van der Waals surface area (Å²) in [7, 11) is 0. The van der Waals surface area contributed by atoms with Crippen molar-refractivity contribution in [3.05, 3.63) is 63.1 Å². The van der Waals surface area contributed by atoms with Gasteiger partial charge in [0.1, 0.15) is 5.75 Å². The van der Waals surface area contributed by atoms with Crippen LogP contribution < -0.4 is 4.74 Å². The first-order valence-corrected chi connectivity index (χ1v) is 7.90. The number of ether oxygens (including phenoxy) is 1. The molecule has 21 heavy (non-hydrogen) atoms. The van der Waals surface area contributed by atoms with Crippen LogP contribution in [0.4, 0.5) is 0 Å². The van der Waals surface area contributed by atoms with E-state index in [2.05, 4.69) is 15.9 Å². The monoisotopic (exact) mass is 344 g/mol. The van der Waals surface area contributed by atoms with Gasteiger partial charge in [0.15, 0.2) is 5.78 Å². The number of para-hydroxylation sites is 1. The fraction of sp³-hybridized carbons (Fsp3) is 0.278. The number of rotatable bonds is 2. The summed E-state index contributed by atoms with van der Waals surface area (Å²) in [6, 6.07) is 11.9. The summed E-state index contributed by atoms with van der Waals surface area (Å²) in [5.41, 5.74) is 3.93. The average Bonchev–Trinajstić information content (AvgIpc) is 2.49. The van der Waals surface area contributed by atoms with E-state index in [1.54, 1.807) is 0 Å². The Morgan fingerprint density at radius 1 is 1.19 bits per heavy atom. The Hall–Kier alpha value is -1.61. The Kier molecular flexibility index (Phi) is 3.85. The Balaban J connectivity index is 2.03. The van der Waals surface area contributed by atoms with Crippen LogP contribution >= 0.6 is 15.9 Å². The molecule has 0 aromatic heterocycles. The highest BCUT2D eigenvalue weighted by atomic mass is 79.9. The third-order valence-electron chi connectivity index (χ3n) is 4.05. The summed E-state index contributed by atoms with van der Waals surface area (Å²) >= 11 is 3.52. The summed E-state index contributed by atoms with van der Waals surface area (Å²) in [4.78, 5) is 13.0. The van der Waals surface area contributed by atoms with Crippen molar-refractivity contribution in [1.29, 1.82) is 0 Å². The Morgan fingerprint density at radius 3 is 2.76 bits per heavy atom. The first-order valence-electron chi connectivity index (χ1n) is 7.10.